The molecular weight excluding hydrogens is 402 g/mol. The average Bonchev–Trinajstić information content (AvgIpc) is 2.91. The Labute approximate surface area is 180 Å². The van der Waals surface area contributed by atoms with Crippen molar-refractivity contribution in [2.24, 2.45) is 0 Å². The Morgan fingerprint density at radius 3 is 2.97 bits per heavy atom. The smallest absolute Gasteiger partial charge is 0.0709 e. The molecule has 3 heterocycles. The second kappa shape index (κ2) is 9.13. The SMILES string of the molecule is C=C(Nc1cncc(SN2CCCN(C)CC2)c1)c1cc2ncccc2cc1Cl. The minimum atomic E-state index is 0.648. The van der Waals surface area contributed by atoms with Gasteiger partial charge in [-0.1, -0.05) is 24.2 Å². The number of benzene rings is 1. The lowest BCUT2D eigenvalue weighted by Crippen LogP contribution is -2.24. The Morgan fingerprint density at radius 2 is 2.07 bits per heavy atom. The molecule has 1 aliphatic heterocycles. The topological polar surface area (TPSA) is 44.3 Å². The zero-order valence-electron chi connectivity index (χ0n) is 16.4. The Morgan fingerprint density at radius 1 is 1.17 bits per heavy atom. The van der Waals surface area contributed by atoms with Crippen molar-refractivity contribution < 1.29 is 0 Å². The summed E-state index contributed by atoms with van der Waals surface area (Å²) < 4.78 is 2.41. The minimum absolute atomic E-state index is 0.648. The van der Waals surface area contributed by atoms with Crippen molar-refractivity contribution in [2.45, 2.75) is 11.3 Å². The molecule has 1 saturated heterocycles. The number of hydrogen-bond donors (Lipinski definition) is 1. The first-order valence-corrected chi connectivity index (χ1v) is 10.8. The van der Waals surface area contributed by atoms with Crippen LogP contribution in [0.25, 0.3) is 16.6 Å². The van der Waals surface area contributed by atoms with Gasteiger partial charge in [-0.2, -0.15) is 0 Å². The first-order valence-electron chi connectivity index (χ1n) is 9.65. The Balaban J connectivity index is 1.47. The van der Waals surface area contributed by atoms with Crippen LogP contribution in [0.3, 0.4) is 0 Å². The van der Waals surface area contributed by atoms with Crippen molar-refractivity contribution in [2.75, 3.05) is 38.5 Å². The van der Waals surface area contributed by atoms with Crippen molar-refractivity contribution in [3.8, 4) is 0 Å². The van der Waals surface area contributed by atoms with Gasteiger partial charge >= 0.3 is 0 Å². The predicted molar refractivity (Wildman–Crippen MR) is 123 cm³/mol. The van der Waals surface area contributed by atoms with Crippen LogP contribution in [0.2, 0.25) is 5.02 Å². The van der Waals surface area contributed by atoms with Gasteiger partial charge in [-0.05, 0) is 56.2 Å². The van der Waals surface area contributed by atoms with Crippen LogP contribution in [-0.4, -0.2) is 52.4 Å². The molecule has 5 nitrogen and oxygen atoms in total. The monoisotopic (exact) mass is 425 g/mol. The first kappa shape index (κ1) is 20.2. The second-order valence-electron chi connectivity index (χ2n) is 7.22. The fourth-order valence-corrected chi connectivity index (χ4v) is 4.63. The van der Waals surface area contributed by atoms with Crippen LogP contribution in [0.4, 0.5) is 5.69 Å². The molecule has 29 heavy (non-hydrogen) atoms. The van der Waals surface area contributed by atoms with Crippen molar-refractivity contribution in [3.05, 3.63) is 66.1 Å². The van der Waals surface area contributed by atoms with Crippen LogP contribution in [0.15, 0.2) is 60.4 Å². The summed E-state index contributed by atoms with van der Waals surface area (Å²) in [6, 6.07) is 9.90. The Hall–Kier alpha value is -2.12. The van der Waals surface area contributed by atoms with E-state index in [1.807, 2.05) is 30.5 Å². The summed E-state index contributed by atoms with van der Waals surface area (Å²) in [6.45, 7) is 8.55. The molecule has 7 heteroatoms. The lowest BCUT2D eigenvalue weighted by atomic mass is 10.1. The number of aromatic nitrogens is 2. The molecule has 3 aromatic rings. The van der Waals surface area contributed by atoms with Gasteiger partial charge in [0.2, 0.25) is 0 Å². The van der Waals surface area contributed by atoms with Crippen molar-refractivity contribution >= 4 is 45.8 Å². The van der Waals surface area contributed by atoms with Crippen LogP contribution >= 0.6 is 23.5 Å². The largest absolute Gasteiger partial charge is 0.354 e. The number of nitrogens with one attached hydrogen (secondary N) is 1. The predicted octanol–water partition coefficient (Wildman–Crippen LogP) is 5.01. The number of nitrogens with zero attached hydrogens (tertiary/aromatic N) is 4. The van der Waals surface area contributed by atoms with Gasteiger partial charge in [0.25, 0.3) is 0 Å². The van der Waals surface area contributed by atoms with E-state index in [0.717, 1.165) is 58.9 Å². The van der Waals surface area contributed by atoms with Gasteiger partial charge in [0.15, 0.2) is 0 Å². The molecule has 0 atom stereocenters. The van der Waals surface area contributed by atoms with Gasteiger partial charge < -0.3 is 10.2 Å². The van der Waals surface area contributed by atoms with E-state index in [2.05, 4.69) is 44.2 Å². The van der Waals surface area contributed by atoms with Crippen LogP contribution in [-0.2, 0) is 0 Å². The molecular formula is C22H24ClN5S. The number of fused-ring (bicyclic) bond motifs is 1. The van der Waals surface area contributed by atoms with Gasteiger partial charge in [0, 0.05) is 53.6 Å². The van der Waals surface area contributed by atoms with Crippen molar-refractivity contribution in [1.29, 1.82) is 0 Å². The third-order valence-electron chi connectivity index (χ3n) is 4.94. The third-order valence-corrected chi connectivity index (χ3v) is 6.31. The number of halogens is 1. The average molecular weight is 426 g/mol. The normalized spacial score (nSPS) is 15.9. The van der Waals surface area contributed by atoms with Crippen LogP contribution in [0, 0.1) is 0 Å². The molecule has 0 bridgehead atoms. The highest BCUT2D eigenvalue weighted by molar-refractivity contribution is 7.97. The molecule has 150 valence electrons. The lowest BCUT2D eigenvalue weighted by molar-refractivity contribution is 0.351. The molecule has 0 unspecified atom stereocenters. The van der Waals surface area contributed by atoms with Crippen LogP contribution in [0.5, 0.6) is 0 Å². The highest BCUT2D eigenvalue weighted by Gasteiger charge is 2.14. The molecule has 0 radical (unpaired) electrons. The summed E-state index contributed by atoms with van der Waals surface area (Å²) in [4.78, 5) is 12.3. The molecule has 0 aliphatic carbocycles. The maximum atomic E-state index is 6.49. The number of likely N-dealkylation sites (N-methyl/N-ethyl adjacent to an activating group) is 1. The zero-order chi connectivity index (χ0) is 20.2. The number of anilines is 1. The van der Waals surface area contributed by atoms with Gasteiger partial charge in [-0.15, -0.1) is 0 Å². The fourth-order valence-electron chi connectivity index (χ4n) is 3.37. The number of pyridine rings is 2. The molecule has 4 rings (SSSR count). The van der Waals surface area contributed by atoms with E-state index in [0.29, 0.717) is 5.02 Å². The van der Waals surface area contributed by atoms with Gasteiger partial charge in [-0.3, -0.25) is 9.97 Å². The molecule has 0 spiro atoms. The molecule has 1 aliphatic rings. The van der Waals surface area contributed by atoms with E-state index >= 15 is 0 Å². The maximum Gasteiger partial charge on any atom is 0.0709 e. The minimum Gasteiger partial charge on any atom is -0.354 e. The first-order chi connectivity index (χ1) is 14.1. The molecule has 1 aromatic carbocycles. The summed E-state index contributed by atoms with van der Waals surface area (Å²) in [7, 11) is 2.18. The Bertz CT molecular complexity index is 1030. The fraction of sp³-hybridized carbons (Fsp3) is 0.273. The van der Waals surface area contributed by atoms with Crippen molar-refractivity contribution in [1.82, 2.24) is 19.2 Å². The number of hydrogen-bond acceptors (Lipinski definition) is 6. The lowest BCUT2D eigenvalue weighted by Gasteiger charge is -2.19. The number of rotatable bonds is 5. The quantitative estimate of drug-likeness (QED) is 0.579. The van der Waals surface area contributed by atoms with Crippen LogP contribution in [0.1, 0.15) is 12.0 Å². The maximum absolute atomic E-state index is 6.49. The van der Waals surface area contributed by atoms with E-state index < -0.39 is 0 Å². The standard InChI is InChI=1S/C22H24ClN5S/c1-16(20-13-22-17(11-21(20)23)5-3-6-25-22)26-18-12-19(15-24-14-18)29-28-8-4-7-27(2)9-10-28/h3,5-6,11-15,26H,1,4,7-10H2,2H3. The highest BCUT2D eigenvalue weighted by Crippen LogP contribution is 2.30. The van der Waals surface area contributed by atoms with Gasteiger partial charge in [0.1, 0.15) is 0 Å². The zero-order valence-corrected chi connectivity index (χ0v) is 18.0. The second-order valence-corrected chi connectivity index (χ2v) is 8.80. The molecule has 0 amide bonds. The van der Waals surface area contributed by atoms with Gasteiger partial charge in [-0.25, -0.2) is 4.31 Å². The van der Waals surface area contributed by atoms with E-state index in [9.17, 15) is 0 Å². The molecule has 0 saturated carbocycles. The Kier molecular flexibility index (Phi) is 6.35. The summed E-state index contributed by atoms with van der Waals surface area (Å²) in [5.41, 5.74) is 3.35. The van der Waals surface area contributed by atoms with Crippen molar-refractivity contribution in [3.63, 3.8) is 0 Å². The molecule has 1 fully saturated rings. The van der Waals surface area contributed by atoms with E-state index in [1.165, 1.54) is 6.42 Å². The highest BCUT2D eigenvalue weighted by atomic mass is 35.5. The van der Waals surface area contributed by atoms with E-state index in [1.54, 1.807) is 24.3 Å². The third kappa shape index (κ3) is 5.08. The van der Waals surface area contributed by atoms with Crippen LogP contribution < -0.4 is 5.32 Å². The summed E-state index contributed by atoms with van der Waals surface area (Å²) in [5, 5.41) is 5.01. The van der Waals surface area contributed by atoms with E-state index in [-0.39, 0.29) is 0 Å². The van der Waals surface area contributed by atoms with Gasteiger partial charge in [0.05, 0.1) is 22.4 Å². The molecule has 1 N–H and O–H groups in total. The summed E-state index contributed by atoms with van der Waals surface area (Å²) >= 11 is 8.25. The summed E-state index contributed by atoms with van der Waals surface area (Å²) in [5.74, 6) is 0. The van der Waals surface area contributed by atoms with E-state index in [4.69, 9.17) is 11.6 Å². The summed E-state index contributed by atoms with van der Waals surface area (Å²) in [6.07, 6.45) is 6.67. The molecule has 2 aromatic heterocycles.